The van der Waals surface area contributed by atoms with Crippen LogP contribution in [0.4, 0.5) is 5.69 Å². The highest BCUT2D eigenvalue weighted by Gasteiger charge is 2.44. The van der Waals surface area contributed by atoms with Crippen molar-refractivity contribution >= 4 is 23.1 Å². The van der Waals surface area contributed by atoms with E-state index in [1.807, 2.05) is 62.9 Å². The summed E-state index contributed by atoms with van der Waals surface area (Å²) in [5, 5.41) is 0. The maximum atomic E-state index is 13.7. The minimum atomic E-state index is -0.315. The highest BCUT2D eigenvalue weighted by molar-refractivity contribution is 6.45. The minimum Gasteiger partial charge on any atom is -0.494 e. The molecule has 31 heavy (non-hydrogen) atoms. The lowest BCUT2D eigenvalue weighted by atomic mass is 10.0. The summed E-state index contributed by atoms with van der Waals surface area (Å²) in [6.07, 6.45) is -0.0671. The van der Waals surface area contributed by atoms with Crippen LogP contribution >= 0.6 is 0 Å². The van der Waals surface area contributed by atoms with Crippen molar-refractivity contribution in [2.45, 2.75) is 39.9 Å². The molecule has 0 spiro atoms. The number of amides is 2. The summed E-state index contributed by atoms with van der Waals surface area (Å²) in [4.78, 5) is 30.6. The van der Waals surface area contributed by atoms with E-state index in [0.717, 1.165) is 11.1 Å². The number of imide groups is 1. The molecule has 2 amide bonds. The lowest BCUT2D eigenvalue weighted by Crippen LogP contribution is -2.47. The van der Waals surface area contributed by atoms with E-state index in [1.54, 1.807) is 18.2 Å². The first-order valence-corrected chi connectivity index (χ1v) is 10.7. The van der Waals surface area contributed by atoms with Crippen LogP contribution in [0.5, 0.6) is 5.75 Å². The van der Waals surface area contributed by atoms with Gasteiger partial charge in [0.1, 0.15) is 11.4 Å². The SMILES string of the molecule is CCOc1cccc(N2C(=O)C(c3ccc(C)cc3)=C(N3CC(C)OC(C)C3)C2=O)c1. The summed E-state index contributed by atoms with van der Waals surface area (Å²) >= 11 is 0. The Morgan fingerprint density at radius 1 is 1.00 bits per heavy atom. The van der Waals surface area contributed by atoms with Gasteiger partial charge in [-0.3, -0.25) is 9.59 Å². The molecule has 2 aliphatic heterocycles. The Balaban J connectivity index is 1.80. The van der Waals surface area contributed by atoms with Gasteiger partial charge < -0.3 is 14.4 Å². The molecule has 6 nitrogen and oxygen atoms in total. The number of carbonyl (C=O) groups excluding carboxylic acids is 2. The average Bonchev–Trinajstić information content (AvgIpc) is 2.98. The van der Waals surface area contributed by atoms with Gasteiger partial charge in [-0.15, -0.1) is 0 Å². The first-order chi connectivity index (χ1) is 14.9. The fraction of sp³-hybridized carbons (Fsp3) is 0.360. The number of hydrogen-bond donors (Lipinski definition) is 0. The summed E-state index contributed by atoms with van der Waals surface area (Å²) < 4.78 is 11.4. The molecule has 2 aromatic rings. The number of anilines is 1. The van der Waals surface area contributed by atoms with Crippen molar-refractivity contribution in [2.75, 3.05) is 24.6 Å². The predicted molar refractivity (Wildman–Crippen MR) is 120 cm³/mol. The van der Waals surface area contributed by atoms with Gasteiger partial charge in [0.15, 0.2) is 0 Å². The molecule has 2 heterocycles. The third kappa shape index (κ3) is 4.08. The quantitative estimate of drug-likeness (QED) is 0.689. The molecule has 1 saturated heterocycles. The number of benzene rings is 2. The Kier molecular flexibility index (Phi) is 5.83. The Labute approximate surface area is 183 Å². The molecule has 2 aromatic carbocycles. The van der Waals surface area contributed by atoms with Crippen LogP contribution in [0.3, 0.4) is 0 Å². The summed E-state index contributed by atoms with van der Waals surface area (Å²) in [7, 11) is 0. The van der Waals surface area contributed by atoms with E-state index in [-0.39, 0.29) is 24.0 Å². The Bertz CT molecular complexity index is 1020. The molecule has 0 radical (unpaired) electrons. The zero-order chi connectivity index (χ0) is 22.1. The zero-order valence-corrected chi connectivity index (χ0v) is 18.4. The van der Waals surface area contributed by atoms with Crippen molar-refractivity contribution in [2.24, 2.45) is 0 Å². The molecular formula is C25H28N2O4. The molecule has 6 heteroatoms. The molecular weight excluding hydrogens is 392 g/mol. The molecule has 2 aliphatic rings. The van der Waals surface area contributed by atoms with Crippen molar-refractivity contribution in [1.82, 2.24) is 4.90 Å². The van der Waals surface area contributed by atoms with Gasteiger partial charge in [-0.05, 0) is 45.4 Å². The number of aryl methyl sites for hydroxylation is 1. The Hall–Kier alpha value is -3.12. The number of nitrogens with zero attached hydrogens (tertiary/aromatic N) is 2. The summed E-state index contributed by atoms with van der Waals surface area (Å²) in [5.74, 6) is -0.000578. The van der Waals surface area contributed by atoms with Gasteiger partial charge in [0.05, 0.1) is 30.1 Å². The molecule has 4 rings (SSSR count). The summed E-state index contributed by atoms with van der Waals surface area (Å²) in [6.45, 7) is 9.49. The normalized spacial score (nSPS) is 21.8. The van der Waals surface area contributed by atoms with Crippen molar-refractivity contribution < 1.29 is 19.1 Å². The van der Waals surface area contributed by atoms with Gasteiger partial charge in [-0.2, -0.15) is 0 Å². The number of morpholine rings is 1. The molecule has 0 N–H and O–H groups in total. The second-order valence-electron chi connectivity index (χ2n) is 8.13. The highest BCUT2D eigenvalue weighted by Crippen LogP contribution is 2.36. The van der Waals surface area contributed by atoms with Gasteiger partial charge >= 0.3 is 0 Å². The van der Waals surface area contributed by atoms with E-state index in [2.05, 4.69) is 0 Å². The molecule has 0 bridgehead atoms. The first-order valence-electron chi connectivity index (χ1n) is 10.7. The van der Waals surface area contributed by atoms with E-state index in [0.29, 0.717) is 42.4 Å². The molecule has 162 valence electrons. The van der Waals surface area contributed by atoms with Crippen LogP contribution in [0.25, 0.3) is 5.57 Å². The second kappa shape index (κ2) is 8.55. The van der Waals surface area contributed by atoms with Crippen LogP contribution < -0.4 is 9.64 Å². The van der Waals surface area contributed by atoms with Gasteiger partial charge in [0.25, 0.3) is 11.8 Å². The van der Waals surface area contributed by atoms with Crippen LogP contribution in [-0.2, 0) is 14.3 Å². The zero-order valence-electron chi connectivity index (χ0n) is 18.4. The van der Waals surface area contributed by atoms with E-state index < -0.39 is 0 Å². The monoisotopic (exact) mass is 420 g/mol. The van der Waals surface area contributed by atoms with Crippen molar-refractivity contribution in [1.29, 1.82) is 0 Å². The average molecular weight is 421 g/mol. The third-order valence-corrected chi connectivity index (χ3v) is 5.52. The third-order valence-electron chi connectivity index (χ3n) is 5.52. The van der Waals surface area contributed by atoms with Crippen LogP contribution in [0.2, 0.25) is 0 Å². The van der Waals surface area contributed by atoms with E-state index in [1.165, 1.54) is 4.90 Å². The number of carbonyl (C=O) groups is 2. The summed E-state index contributed by atoms with van der Waals surface area (Å²) in [6, 6.07) is 14.8. The van der Waals surface area contributed by atoms with Crippen molar-refractivity contribution in [3.05, 3.63) is 65.4 Å². The lowest BCUT2D eigenvalue weighted by molar-refractivity contribution is -0.121. The van der Waals surface area contributed by atoms with Crippen LogP contribution in [0.1, 0.15) is 31.9 Å². The first kappa shape index (κ1) is 21.1. The largest absolute Gasteiger partial charge is 0.494 e. The van der Waals surface area contributed by atoms with Crippen molar-refractivity contribution in [3.63, 3.8) is 0 Å². The molecule has 0 aromatic heterocycles. The van der Waals surface area contributed by atoms with Crippen LogP contribution in [0.15, 0.2) is 54.2 Å². The fourth-order valence-corrected chi connectivity index (χ4v) is 4.27. The van der Waals surface area contributed by atoms with E-state index in [4.69, 9.17) is 9.47 Å². The Morgan fingerprint density at radius 3 is 2.32 bits per heavy atom. The molecule has 2 unspecified atom stereocenters. The second-order valence-corrected chi connectivity index (χ2v) is 8.13. The fourth-order valence-electron chi connectivity index (χ4n) is 4.27. The van der Waals surface area contributed by atoms with E-state index >= 15 is 0 Å². The number of ether oxygens (including phenoxy) is 2. The molecule has 0 aliphatic carbocycles. The smallest absolute Gasteiger partial charge is 0.282 e. The van der Waals surface area contributed by atoms with Crippen LogP contribution in [0, 0.1) is 6.92 Å². The van der Waals surface area contributed by atoms with Gasteiger partial charge in [-0.1, -0.05) is 35.9 Å². The predicted octanol–water partition coefficient (Wildman–Crippen LogP) is 3.79. The standard InChI is InChI=1S/C25H28N2O4/c1-5-30-21-8-6-7-20(13-21)27-24(28)22(19-11-9-16(2)10-12-19)23(25(27)29)26-14-17(3)31-18(4)15-26/h6-13,17-18H,5,14-15H2,1-4H3. The maximum Gasteiger partial charge on any atom is 0.282 e. The molecule has 1 fully saturated rings. The lowest BCUT2D eigenvalue weighted by Gasteiger charge is -2.37. The van der Waals surface area contributed by atoms with Crippen LogP contribution in [-0.4, -0.2) is 48.6 Å². The maximum absolute atomic E-state index is 13.7. The van der Waals surface area contributed by atoms with E-state index in [9.17, 15) is 9.59 Å². The topological polar surface area (TPSA) is 59.1 Å². The minimum absolute atomic E-state index is 0.0336. The van der Waals surface area contributed by atoms with Crippen molar-refractivity contribution in [3.8, 4) is 5.75 Å². The molecule has 2 atom stereocenters. The number of rotatable bonds is 5. The van der Waals surface area contributed by atoms with Gasteiger partial charge in [0.2, 0.25) is 0 Å². The van der Waals surface area contributed by atoms with Gasteiger partial charge in [-0.25, -0.2) is 4.90 Å². The Morgan fingerprint density at radius 2 is 1.68 bits per heavy atom. The van der Waals surface area contributed by atoms with Gasteiger partial charge in [0, 0.05) is 19.2 Å². The highest BCUT2D eigenvalue weighted by atomic mass is 16.5. The molecule has 0 saturated carbocycles. The summed E-state index contributed by atoms with van der Waals surface area (Å²) in [5.41, 5.74) is 3.23. The number of hydrogen-bond acceptors (Lipinski definition) is 5.